The van der Waals surface area contributed by atoms with Gasteiger partial charge in [0.05, 0.1) is 6.04 Å². The number of benzene rings is 2. The van der Waals surface area contributed by atoms with Gasteiger partial charge in [-0.05, 0) is 83.9 Å². The van der Waals surface area contributed by atoms with Crippen molar-refractivity contribution in [3.8, 4) is 0 Å². The minimum atomic E-state index is -0.351. The van der Waals surface area contributed by atoms with Gasteiger partial charge in [-0.25, -0.2) is 4.68 Å². The summed E-state index contributed by atoms with van der Waals surface area (Å²) >= 11 is 0. The van der Waals surface area contributed by atoms with Crippen molar-refractivity contribution in [2.75, 3.05) is 6.54 Å². The van der Waals surface area contributed by atoms with Gasteiger partial charge < -0.3 is 4.98 Å². The molecule has 0 spiro atoms. The van der Waals surface area contributed by atoms with Gasteiger partial charge in [0.2, 0.25) is 0 Å². The summed E-state index contributed by atoms with van der Waals surface area (Å²) in [5.41, 5.74) is 5.01. The van der Waals surface area contributed by atoms with Crippen LogP contribution in [0.1, 0.15) is 72.8 Å². The number of tetrazole rings is 1. The summed E-state index contributed by atoms with van der Waals surface area (Å²) in [6, 6.07) is 16.5. The average molecular weight is 457 g/mol. The first-order valence-electron chi connectivity index (χ1n) is 12.2. The molecule has 5 rings (SSSR count). The number of nitrogens with one attached hydrogen (secondary N) is 1. The van der Waals surface area contributed by atoms with Crippen molar-refractivity contribution in [3.05, 3.63) is 87.0 Å². The van der Waals surface area contributed by atoms with Gasteiger partial charge in [-0.1, -0.05) is 50.1 Å². The SMILES string of the molecule is CCN(Cc1ccccc1)[C@@H](c1cc2cc(C)c(C)cc2[nH]c1=O)c1nnnn1C1CCCC1. The minimum Gasteiger partial charge on any atom is -0.322 e. The van der Waals surface area contributed by atoms with Gasteiger partial charge in [-0.3, -0.25) is 9.69 Å². The molecule has 2 heterocycles. The largest absolute Gasteiger partial charge is 0.322 e. The topological polar surface area (TPSA) is 79.7 Å². The van der Waals surface area contributed by atoms with Gasteiger partial charge >= 0.3 is 0 Å². The summed E-state index contributed by atoms with van der Waals surface area (Å²) < 4.78 is 1.98. The number of fused-ring (bicyclic) bond motifs is 1. The molecule has 2 aromatic heterocycles. The van der Waals surface area contributed by atoms with Gasteiger partial charge in [-0.15, -0.1) is 5.10 Å². The lowest BCUT2D eigenvalue weighted by atomic mass is 10.00. The summed E-state index contributed by atoms with van der Waals surface area (Å²) in [6.45, 7) is 7.75. The Labute approximate surface area is 199 Å². The Morgan fingerprint density at radius 1 is 1.09 bits per heavy atom. The number of H-pyrrole nitrogens is 1. The zero-order valence-electron chi connectivity index (χ0n) is 20.2. The average Bonchev–Trinajstić information content (AvgIpc) is 3.53. The standard InChI is InChI=1S/C27H32N6O/c1-4-32(17-20-10-6-5-7-11-20)25(26-29-30-31-33(26)22-12-8-9-13-22)23-16-21-14-18(2)19(3)15-24(21)28-27(23)34/h5-7,10-11,14-16,22,25H,4,8-9,12-13,17H2,1-3H3,(H,28,34)/t25-/m0/s1. The predicted molar refractivity (Wildman–Crippen MR) is 134 cm³/mol. The molecule has 1 fully saturated rings. The zero-order chi connectivity index (χ0) is 23.7. The van der Waals surface area contributed by atoms with Gasteiger partial charge in [0.15, 0.2) is 5.82 Å². The number of hydrogen-bond acceptors (Lipinski definition) is 5. The van der Waals surface area contributed by atoms with E-state index in [1.54, 1.807) is 0 Å². The lowest BCUT2D eigenvalue weighted by Gasteiger charge is -2.30. The fourth-order valence-electron chi connectivity index (χ4n) is 5.19. The number of hydrogen-bond donors (Lipinski definition) is 1. The molecule has 4 aromatic rings. The second-order valence-corrected chi connectivity index (χ2v) is 9.45. The van der Waals surface area contributed by atoms with Crippen molar-refractivity contribution < 1.29 is 0 Å². The number of rotatable bonds is 7. The fourth-order valence-corrected chi connectivity index (χ4v) is 5.19. The number of aryl methyl sites for hydroxylation is 2. The molecule has 1 aliphatic rings. The number of aromatic amines is 1. The highest BCUT2D eigenvalue weighted by Crippen LogP contribution is 2.34. The molecule has 0 saturated heterocycles. The maximum atomic E-state index is 13.5. The van der Waals surface area contributed by atoms with E-state index >= 15 is 0 Å². The molecule has 1 atom stereocenters. The van der Waals surface area contributed by atoms with Crippen LogP contribution in [-0.2, 0) is 6.54 Å². The van der Waals surface area contributed by atoms with Gasteiger partial charge in [0.1, 0.15) is 6.04 Å². The van der Waals surface area contributed by atoms with E-state index in [0.29, 0.717) is 12.1 Å². The highest BCUT2D eigenvalue weighted by atomic mass is 16.1. The van der Waals surface area contributed by atoms with E-state index in [4.69, 9.17) is 0 Å². The minimum absolute atomic E-state index is 0.0896. The molecule has 0 radical (unpaired) electrons. The lowest BCUT2D eigenvalue weighted by Crippen LogP contribution is -2.35. The van der Waals surface area contributed by atoms with E-state index in [1.165, 1.54) is 24.0 Å². The third kappa shape index (κ3) is 4.28. The molecule has 176 valence electrons. The molecular weight excluding hydrogens is 424 g/mol. The third-order valence-corrected chi connectivity index (χ3v) is 7.22. The van der Waals surface area contributed by atoms with Crippen molar-refractivity contribution >= 4 is 10.9 Å². The second-order valence-electron chi connectivity index (χ2n) is 9.45. The maximum Gasteiger partial charge on any atom is 0.253 e. The Morgan fingerprint density at radius 3 is 2.56 bits per heavy atom. The third-order valence-electron chi connectivity index (χ3n) is 7.22. The van der Waals surface area contributed by atoms with Crippen molar-refractivity contribution in [3.63, 3.8) is 0 Å². The van der Waals surface area contributed by atoms with Gasteiger partial charge in [0.25, 0.3) is 5.56 Å². The molecule has 2 aromatic carbocycles. The normalized spacial score (nSPS) is 15.4. The first-order chi connectivity index (χ1) is 16.5. The van der Waals surface area contributed by atoms with E-state index < -0.39 is 0 Å². The summed E-state index contributed by atoms with van der Waals surface area (Å²) in [6.07, 6.45) is 4.51. The zero-order valence-corrected chi connectivity index (χ0v) is 20.2. The monoisotopic (exact) mass is 456 g/mol. The van der Waals surface area contributed by atoms with Gasteiger partial charge in [-0.2, -0.15) is 0 Å². The molecule has 1 N–H and O–H groups in total. The summed E-state index contributed by atoms with van der Waals surface area (Å²) in [5.74, 6) is 0.748. The predicted octanol–water partition coefficient (Wildman–Crippen LogP) is 4.86. The smallest absolute Gasteiger partial charge is 0.253 e. The molecule has 7 heteroatoms. The van der Waals surface area contributed by atoms with Gasteiger partial charge in [0, 0.05) is 17.6 Å². The molecule has 7 nitrogen and oxygen atoms in total. The Morgan fingerprint density at radius 2 is 1.82 bits per heavy atom. The van der Waals surface area contributed by atoms with Crippen LogP contribution in [0, 0.1) is 13.8 Å². The number of aromatic nitrogens is 5. The van der Waals surface area contributed by atoms with Crippen LogP contribution < -0.4 is 5.56 Å². The van der Waals surface area contributed by atoms with Crippen LogP contribution in [-0.4, -0.2) is 36.6 Å². The van der Waals surface area contributed by atoms with E-state index in [1.807, 2.05) is 16.8 Å². The highest BCUT2D eigenvalue weighted by molar-refractivity contribution is 5.81. The maximum absolute atomic E-state index is 13.5. The van der Waals surface area contributed by atoms with Crippen LogP contribution in [0.2, 0.25) is 0 Å². The molecule has 0 bridgehead atoms. The van der Waals surface area contributed by atoms with Crippen molar-refractivity contribution in [2.24, 2.45) is 0 Å². The lowest BCUT2D eigenvalue weighted by molar-refractivity contribution is 0.210. The van der Waals surface area contributed by atoms with E-state index in [0.717, 1.165) is 41.7 Å². The van der Waals surface area contributed by atoms with Crippen LogP contribution in [0.3, 0.4) is 0 Å². The molecule has 1 saturated carbocycles. The van der Waals surface area contributed by atoms with Crippen molar-refractivity contribution in [1.29, 1.82) is 0 Å². The quantitative estimate of drug-likeness (QED) is 0.430. The second kappa shape index (κ2) is 9.50. The Kier molecular flexibility index (Phi) is 6.28. The fraction of sp³-hybridized carbons (Fsp3) is 0.407. The van der Waals surface area contributed by atoms with E-state index in [2.05, 4.69) is 82.6 Å². The Balaban J connectivity index is 1.67. The van der Waals surface area contributed by atoms with Crippen LogP contribution in [0.25, 0.3) is 10.9 Å². The van der Waals surface area contributed by atoms with Crippen LogP contribution in [0.5, 0.6) is 0 Å². The molecule has 0 amide bonds. The number of pyridine rings is 1. The van der Waals surface area contributed by atoms with Crippen LogP contribution >= 0.6 is 0 Å². The number of nitrogens with zero attached hydrogens (tertiary/aromatic N) is 5. The highest BCUT2D eigenvalue weighted by Gasteiger charge is 2.32. The van der Waals surface area contributed by atoms with Crippen LogP contribution in [0.4, 0.5) is 0 Å². The van der Waals surface area contributed by atoms with E-state index in [9.17, 15) is 4.79 Å². The first kappa shape index (κ1) is 22.5. The van der Waals surface area contributed by atoms with Crippen molar-refractivity contribution in [2.45, 2.75) is 65.1 Å². The summed E-state index contributed by atoms with van der Waals surface area (Å²) in [5, 5.41) is 14.0. The van der Waals surface area contributed by atoms with E-state index in [-0.39, 0.29) is 17.6 Å². The molecule has 0 unspecified atom stereocenters. The molecule has 0 aliphatic heterocycles. The van der Waals surface area contributed by atoms with Crippen LogP contribution in [0.15, 0.2) is 53.3 Å². The molecule has 34 heavy (non-hydrogen) atoms. The first-order valence-corrected chi connectivity index (χ1v) is 12.2. The Bertz CT molecular complexity index is 1340. The van der Waals surface area contributed by atoms with Crippen molar-refractivity contribution in [1.82, 2.24) is 30.1 Å². The molecular formula is C27H32N6O. The Hall–Kier alpha value is -3.32. The summed E-state index contributed by atoms with van der Waals surface area (Å²) in [7, 11) is 0. The summed E-state index contributed by atoms with van der Waals surface area (Å²) in [4.78, 5) is 18.9. The molecule has 1 aliphatic carbocycles.